The third-order valence-electron chi connectivity index (χ3n) is 5.32. The third-order valence-corrected chi connectivity index (χ3v) is 5.32. The van der Waals surface area contributed by atoms with Gasteiger partial charge in [-0.25, -0.2) is 4.98 Å². The van der Waals surface area contributed by atoms with Crippen LogP contribution in [0.15, 0.2) is 48.7 Å². The Labute approximate surface area is 164 Å². The predicted molar refractivity (Wildman–Crippen MR) is 106 cm³/mol. The van der Waals surface area contributed by atoms with Crippen LogP contribution in [0.25, 0.3) is 0 Å². The Balaban J connectivity index is 1.35. The summed E-state index contributed by atoms with van der Waals surface area (Å²) in [5.41, 5.74) is 1.22. The summed E-state index contributed by atoms with van der Waals surface area (Å²) < 4.78 is 5.39. The quantitative estimate of drug-likeness (QED) is 0.791. The van der Waals surface area contributed by atoms with Crippen molar-refractivity contribution >= 4 is 23.3 Å². The zero-order chi connectivity index (χ0) is 19.5. The van der Waals surface area contributed by atoms with Crippen LogP contribution in [-0.2, 0) is 9.59 Å². The van der Waals surface area contributed by atoms with E-state index >= 15 is 0 Å². The molecule has 2 aliphatic rings. The molecule has 1 saturated heterocycles. The summed E-state index contributed by atoms with van der Waals surface area (Å²) in [6, 6.07) is 13.8. The summed E-state index contributed by atoms with van der Waals surface area (Å²) in [6.45, 7) is 2.52. The summed E-state index contributed by atoms with van der Waals surface area (Å²) in [7, 11) is 1.80. The lowest BCUT2D eigenvalue weighted by molar-refractivity contribution is -0.131. The molecule has 28 heavy (non-hydrogen) atoms. The van der Waals surface area contributed by atoms with Crippen LogP contribution in [0.2, 0.25) is 0 Å². The third kappa shape index (κ3) is 3.78. The first kappa shape index (κ1) is 18.3. The van der Waals surface area contributed by atoms with E-state index in [4.69, 9.17) is 4.74 Å². The number of fused-ring (bicyclic) bond motifs is 1. The van der Waals surface area contributed by atoms with Crippen molar-refractivity contribution in [3.63, 3.8) is 0 Å². The molecule has 0 spiro atoms. The highest BCUT2D eigenvalue weighted by Gasteiger charge is 2.30. The molecule has 2 aromatic rings. The van der Waals surface area contributed by atoms with Gasteiger partial charge in [0.1, 0.15) is 6.54 Å². The molecule has 0 N–H and O–H groups in total. The lowest BCUT2D eigenvalue weighted by Crippen LogP contribution is -2.46. The molecule has 0 bridgehead atoms. The van der Waals surface area contributed by atoms with E-state index in [0.717, 1.165) is 19.5 Å². The van der Waals surface area contributed by atoms with Gasteiger partial charge >= 0.3 is 0 Å². The van der Waals surface area contributed by atoms with Gasteiger partial charge < -0.3 is 14.5 Å². The minimum atomic E-state index is -0.246. The molecule has 1 aromatic heterocycles. The van der Waals surface area contributed by atoms with Crippen LogP contribution in [0.5, 0.6) is 5.75 Å². The highest BCUT2D eigenvalue weighted by Crippen LogP contribution is 2.29. The van der Waals surface area contributed by atoms with E-state index in [1.807, 2.05) is 18.2 Å². The van der Waals surface area contributed by atoms with Crippen molar-refractivity contribution in [2.24, 2.45) is 5.92 Å². The van der Waals surface area contributed by atoms with Crippen LogP contribution in [0.4, 0.5) is 11.5 Å². The van der Waals surface area contributed by atoms with Gasteiger partial charge in [-0.05, 0) is 36.6 Å². The minimum Gasteiger partial charge on any atom is -0.480 e. The van der Waals surface area contributed by atoms with Gasteiger partial charge in [0.25, 0.3) is 5.91 Å². The second kappa shape index (κ2) is 7.88. The smallest absolute Gasteiger partial charge is 0.266 e. The van der Waals surface area contributed by atoms with Gasteiger partial charge in [-0.2, -0.15) is 0 Å². The number of hydrogen-bond acceptors (Lipinski definition) is 5. The zero-order valence-electron chi connectivity index (χ0n) is 16.0. The van der Waals surface area contributed by atoms with Gasteiger partial charge in [0, 0.05) is 38.6 Å². The summed E-state index contributed by atoms with van der Waals surface area (Å²) >= 11 is 0. The molecule has 146 valence electrons. The number of benzene rings is 1. The summed E-state index contributed by atoms with van der Waals surface area (Å²) in [5.74, 6) is 1.03. The number of ether oxygens (including phenoxy) is 1. The predicted octanol–water partition coefficient (Wildman–Crippen LogP) is 1.79. The standard InChI is InChI=1S/C21H24N4O3/c1-23(12-16-9-11-24(13-16)17-6-3-2-4-7-17)19(26)14-25-20(27)15-28-18-8-5-10-22-21(18)25/h2-8,10,16H,9,11-15H2,1H3. The van der Waals surface area contributed by atoms with Gasteiger partial charge in [0.2, 0.25) is 5.91 Å². The van der Waals surface area contributed by atoms with Crippen LogP contribution in [0.3, 0.4) is 0 Å². The van der Waals surface area contributed by atoms with E-state index in [-0.39, 0.29) is 25.0 Å². The molecule has 1 fully saturated rings. The lowest BCUT2D eigenvalue weighted by atomic mass is 10.1. The van der Waals surface area contributed by atoms with E-state index < -0.39 is 0 Å². The van der Waals surface area contributed by atoms with Crippen molar-refractivity contribution in [1.29, 1.82) is 0 Å². The molecule has 2 aliphatic heterocycles. The molecule has 2 amide bonds. The fourth-order valence-corrected chi connectivity index (χ4v) is 3.80. The molecular weight excluding hydrogens is 356 g/mol. The SMILES string of the molecule is CN(CC1CCN(c2ccccc2)C1)C(=O)CN1C(=O)COc2cccnc21. The first-order valence-electron chi connectivity index (χ1n) is 9.54. The summed E-state index contributed by atoms with van der Waals surface area (Å²) in [5, 5.41) is 0. The minimum absolute atomic E-state index is 0.0160. The topological polar surface area (TPSA) is 66.0 Å². The highest BCUT2D eigenvalue weighted by molar-refractivity contribution is 6.01. The van der Waals surface area contributed by atoms with Crippen molar-refractivity contribution in [3.8, 4) is 5.75 Å². The van der Waals surface area contributed by atoms with Gasteiger partial charge in [-0.15, -0.1) is 0 Å². The maximum Gasteiger partial charge on any atom is 0.266 e. The average molecular weight is 380 g/mol. The number of aromatic nitrogens is 1. The second-order valence-corrected chi connectivity index (χ2v) is 7.30. The Morgan fingerprint density at radius 3 is 2.89 bits per heavy atom. The molecule has 7 nitrogen and oxygen atoms in total. The lowest BCUT2D eigenvalue weighted by Gasteiger charge is -2.29. The molecular formula is C21H24N4O3. The van der Waals surface area contributed by atoms with E-state index in [9.17, 15) is 9.59 Å². The van der Waals surface area contributed by atoms with Crippen LogP contribution in [0, 0.1) is 5.92 Å². The monoisotopic (exact) mass is 380 g/mol. The first-order valence-corrected chi connectivity index (χ1v) is 9.54. The van der Waals surface area contributed by atoms with Crippen molar-refractivity contribution in [1.82, 2.24) is 9.88 Å². The van der Waals surface area contributed by atoms with Crippen molar-refractivity contribution in [2.75, 3.05) is 49.6 Å². The van der Waals surface area contributed by atoms with E-state index in [1.54, 1.807) is 30.3 Å². The Hall–Kier alpha value is -3.09. The number of para-hydroxylation sites is 1. The van der Waals surface area contributed by atoms with Crippen LogP contribution in [0.1, 0.15) is 6.42 Å². The van der Waals surface area contributed by atoms with Crippen LogP contribution < -0.4 is 14.5 Å². The van der Waals surface area contributed by atoms with E-state index in [0.29, 0.717) is 24.0 Å². The number of amides is 2. The average Bonchev–Trinajstić information content (AvgIpc) is 3.19. The molecule has 0 saturated carbocycles. The van der Waals surface area contributed by atoms with Crippen LogP contribution >= 0.6 is 0 Å². The number of hydrogen-bond donors (Lipinski definition) is 0. The normalized spacial score (nSPS) is 18.6. The number of likely N-dealkylation sites (N-methyl/N-ethyl adjacent to an activating group) is 1. The molecule has 1 aromatic carbocycles. The fourth-order valence-electron chi connectivity index (χ4n) is 3.80. The van der Waals surface area contributed by atoms with Crippen molar-refractivity contribution in [3.05, 3.63) is 48.7 Å². The molecule has 3 heterocycles. The zero-order valence-corrected chi connectivity index (χ0v) is 16.0. The highest BCUT2D eigenvalue weighted by atomic mass is 16.5. The molecule has 0 aliphatic carbocycles. The molecule has 1 unspecified atom stereocenters. The van der Waals surface area contributed by atoms with Crippen molar-refractivity contribution in [2.45, 2.75) is 6.42 Å². The Bertz CT molecular complexity index is 858. The summed E-state index contributed by atoms with van der Waals surface area (Å²) in [4.78, 5) is 34.7. The maximum atomic E-state index is 12.8. The van der Waals surface area contributed by atoms with E-state index in [2.05, 4.69) is 22.0 Å². The number of nitrogens with zero attached hydrogens (tertiary/aromatic N) is 4. The van der Waals surface area contributed by atoms with Gasteiger partial charge in [0.05, 0.1) is 0 Å². The number of carbonyl (C=O) groups excluding carboxylic acids is 2. The maximum absolute atomic E-state index is 12.8. The number of pyridine rings is 1. The number of rotatable bonds is 5. The van der Waals surface area contributed by atoms with Crippen molar-refractivity contribution < 1.29 is 14.3 Å². The number of anilines is 2. The summed E-state index contributed by atoms with van der Waals surface area (Å²) in [6.07, 6.45) is 2.64. The second-order valence-electron chi connectivity index (χ2n) is 7.30. The molecule has 1 atom stereocenters. The van der Waals surface area contributed by atoms with E-state index in [1.165, 1.54) is 10.6 Å². The van der Waals surface area contributed by atoms with Gasteiger partial charge in [0.15, 0.2) is 18.2 Å². The molecule has 7 heteroatoms. The Morgan fingerprint density at radius 1 is 1.25 bits per heavy atom. The Kier molecular flexibility index (Phi) is 5.14. The molecule has 4 rings (SSSR count). The largest absolute Gasteiger partial charge is 0.480 e. The van der Waals surface area contributed by atoms with Gasteiger partial charge in [-0.1, -0.05) is 18.2 Å². The molecule has 0 radical (unpaired) electrons. The Morgan fingerprint density at radius 2 is 2.07 bits per heavy atom. The fraction of sp³-hybridized carbons (Fsp3) is 0.381. The first-order chi connectivity index (χ1) is 13.6. The van der Waals surface area contributed by atoms with Crippen LogP contribution in [-0.4, -0.2) is 61.5 Å². The number of carbonyl (C=O) groups is 2. The van der Waals surface area contributed by atoms with Gasteiger partial charge in [-0.3, -0.25) is 14.5 Å².